The molecule has 0 aliphatic rings. The van der Waals surface area contributed by atoms with E-state index in [0.29, 0.717) is 24.4 Å². The van der Waals surface area contributed by atoms with Gasteiger partial charge in [0.2, 0.25) is 17.7 Å². The number of carbonyl (C=O) groups is 4. The third kappa shape index (κ3) is 12.1. The van der Waals surface area contributed by atoms with Crippen molar-refractivity contribution in [2.24, 2.45) is 11.7 Å². The summed E-state index contributed by atoms with van der Waals surface area (Å²) >= 11 is 0. The number of amides is 4. The van der Waals surface area contributed by atoms with Crippen LogP contribution in [0.4, 0.5) is 4.79 Å². The normalized spacial score (nSPS) is 13.8. The highest BCUT2D eigenvalue weighted by atomic mass is 16.6. The molecule has 0 fully saturated rings. The second-order valence-corrected chi connectivity index (χ2v) is 11.6. The second-order valence-electron chi connectivity index (χ2n) is 11.6. The average molecular weight is 547 g/mol. The Kier molecular flexibility index (Phi) is 14.0. The van der Waals surface area contributed by atoms with E-state index in [1.54, 1.807) is 20.8 Å². The van der Waals surface area contributed by atoms with Gasteiger partial charge in [0.1, 0.15) is 17.7 Å². The predicted molar refractivity (Wildman–Crippen MR) is 154 cm³/mol. The number of alkyl carbamates (subject to hydrolysis) is 1. The Labute approximate surface area is 234 Å². The molecule has 0 aromatic heterocycles. The molecule has 0 saturated heterocycles. The Hall–Kier alpha value is -3.10. The Morgan fingerprint density at radius 1 is 1.00 bits per heavy atom. The van der Waals surface area contributed by atoms with Gasteiger partial charge >= 0.3 is 6.09 Å². The first-order valence-corrected chi connectivity index (χ1v) is 14.2. The summed E-state index contributed by atoms with van der Waals surface area (Å²) < 4.78 is 5.35. The molecule has 9 nitrogen and oxygen atoms in total. The molecule has 0 radical (unpaired) electrons. The number of ether oxygens (including phenoxy) is 1. The van der Waals surface area contributed by atoms with Gasteiger partial charge in [0.05, 0.1) is 6.42 Å². The van der Waals surface area contributed by atoms with Crippen molar-refractivity contribution >= 4 is 23.8 Å². The van der Waals surface area contributed by atoms with Crippen LogP contribution in [0.15, 0.2) is 24.3 Å². The summed E-state index contributed by atoms with van der Waals surface area (Å²) in [7, 11) is 0. The SMILES string of the molecule is CCCCNC(=O)C(c1ccc(CC)cc1)N(C(=O)C(CC(N)=O)NC(=O)OC(C)(C)C)C(C)CCC(C)C. The molecule has 1 rings (SSSR count). The molecule has 4 amide bonds. The van der Waals surface area contributed by atoms with Gasteiger partial charge in [0.25, 0.3) is 0 Å². The molecule has 1 aromatic carbocycles. The maximum Gasteiger partial charge on any atom is 0.408 e. The van der Waals surface area contributed by atoms with Crippen LogP contribution in [0.2, 0.25) is 0 Å². The molecule has 1 aromatic rings. The molecule has 220 valence electrons. The van der Waals surface area contributed by atoms with Gasteiger partial charge in [-0.05, 0) is 70.4 Å². The van der Waals surface area contributed by atoms with Crippen LogP contribution in [0.3, 0.4) is 0 Å². The van der Waals surface area contributed by atoms with Crippen molar-refractivity contribution in [2.75, 3.05) is 6.54 Å². The van der Waals surface area contributed by atoms with E-state index in [0.717, 1.165) is 31.2 Å². The van der Waals surface area contributed by atoms with E-state index < -0.39 is 42.0 Å². The Morgan fingerprint density at radius 2 is 1.62 bits per heavy atom. The number of hydrogen-bond donors (Lipinski definition) is 3. The van der Waals surface area contributed by atoms with Crippen molar-refractivity contribution in [1.29, 1.82) is 0 Å². The molecule has 39 heavy (non-hydrogen) atoms. The maximum atomic E-state index is 14.2. The van der Waals surface area contributed by atoms with Gasteiger partial charge in [0.15, 0.2) is 0 Å². The van der Waals surface area contributed by atoms with E-state index in [9.17, 15) is 19.2 Å². The fourth-order valence-electron chi connectivity index (χ4n) is 4.20. The van der Waals surface area contributed by atoms with Gasteiger partial charge in [-0.15, -0.1) is 0 Å². The number of primary amides is 1. The van der Waals surface area contributed by atoms with Crippen LogP contribution in [0.25, 0.3) is 0 Å². The van der Waals surface area contributed by atoms with Crippen molar-refractivity contribution in [3.05, 3.63) is 35.4 Å². The summed E-state index contributed by atoms with van der Waals surface area (Å²) in [5, 5.41) is 5.52. The summed E-state index contributed by atoms with van der Waals surface area (Å²) in [6, 6.07) is 5.00. The number of hydrogen-bond acceptors (Lipinski definition) is 5. The van der Waals surface area contributed by atoms with Crippen LogP contribution in [0, 0.1) is 5.92 Å². The summed E-state index contributed by atoms with van der Waals surface area (Å²) in [5.74, 6) is -1.25. The van der Waals surface area contributed by atoms with E-state index in [4.69, 9.17) is 10.5 Å². The molecule has 0 spiro atoms. The molecule has 4 N–H and O–H groups in total. The summed E-state index contributed by atoms with van der Waals surface area (Å²) in [6.45, 7) is 15.7. The van der Waals surface area contributed by atoms with Crippen LogP contribution >= 0.6 is 0 Å². The van der Waals surface area contributed by atoms with E-state index in [-0.39, 0.29) is 11.9 Å². The molecular weight excluding hydrogens is 496 g/mol. The number of nitrogens with two attached hydrogens (primary N) is 1. The Balaban J connectivity index is 3.60. The third-order valence-corrected chi connectivity index (χ3v) is 6.35. The number of rotatable bonds is 15. The quantitative estimate of drug-likeness (QED) is 0.276. The first-order valence-electron chi connectivity index (χ1n) is 14.2. The van der Waals surface area contributed by atoms with Crippen LogP contribution in [0.1, 0.15) is 105 Å². The van der Waals surface area contributed by atoms with Crippen molar-refractivity contribution in [2.45, 2.75) is 118 Å². The fourth-order valence-corrected chi connectivity index (χ4v) is 4.20. The number of benzene rings is 1. The van der Waals surface area contributed by atoms with Crippen molar-refractivity contribution in [1.82, 2.24) is 15.5 Å². The molecule has 0 saturated carbocycles. The number of carbonyl (C=O) groups excluding carboxylic acids is 4. The molecule has 0 aliphatic carbocycles. The standard InChI is InChI=1S/C30H50N4O5/c1-9-11-18-32-27(36)26(23-16-14-22(10-2)15-17-23)34(21(5)13-12-20(3)4)28(37)24(19-25(31)35)33-29(38)39-30(6,7)8/h14-17,20-21,24,26H,9-13,18-19H2,1-8H3,(H2,31,35)(H,32,36)(H,33,38). The largest absolute Gasteiger partial charge is 0.444 e. The van der Waals surface area contributed by atoms with Crippen molar-refractivity contribution < 1.29 is 23.9 Å². The number of nitrogens with zero attached hydrogens (tertiary/aromatic N) is 1. The predicted octanol–water partition coefficient (Wildman–Crippen LogP) is 4.63. The van der Waals surface area contributed by atoms with Crippen molar-refractivity contribution in [3.63, 3.8) is 0 Å². The molecule has 9 heteroatoms. The fraction of sp³-hybridized carbons (Fsp3) is 0.667. The van der Waals surface area contributed by atoms with Crippen molar-refractivity contribution in [3.8, 4) is 0 Å². The molecule has 0 aliphatic heterocycles. The van der Waals surface area contributed by atoms with Gasteiger partial charge in [0, 0.05) is 12.6 Å². The van der Waals surface area contributed by atoms with Crippen LogP contribution in [0.5, 0.6) is 0 Å². The van der Waals surface area contributed by atoms with E-state index in [2.05, 4.69) is 24.5 Å². The first kappa shape index (κ1) is 33.9. The second kappa shape index (κ2) is 16.1. The van der Waals surface area contributed by atoms with Gasteiger partial charge in [-0.1, -0.05) is 58.4 Å². The Morgan fingerprint density at radius 3 is 2.10 bits per heavy atom. The van der Waals surface area contributed by atoms with Crippen LogP contribution in [-0.2, 0) is 25.5 Å². The summed E-state index contributed by atoms with van der Waals surface area (Å²) in [5.41, 5.74) is 6.44. The lowest BCUT2D eigenvalue weighted by Crippen LogP contribution is -2.56. The van der Waals surface area contributed by atoms with E-state index >= 15 is 0 Å². The summed E-state index contributed by atoms with van der Waals surface area (Å²) in [4.78, 5) is 54.1. The van der Waals surface area contributed by atoms with Crippen LogP contribution < -0.4 is 16.4 Å². The lowest BCUT2D eigenvalue weighted by molar-refractivity contribution is -0.146. The lowest BCUT2D eigenvalue weighted by atomic mass is 9.96. The zero-order valence-corrected chi connectivity index (χ0v) is 25.1. The van der Waals surface area contributed by atoms with Gasteiger partial charge in [-0.3, -0.25) is 14.4 Å². The van der Waals surface area contributed by atoms with E-state index in [1.165, 1.54) is 4.90 Å². The molecular formula is C30H50N4O5. The third-order valence-electron chi connectivity index (χ3n) is 6.35. The zero-order valence-electron chi connectivity index (χ0n) is 25.1. The minimum atomic E-state index is -1.29. The van der Waals surface area contributed by atoms with Gasteiger partial charge in [-0.25, -0.2) is 4.79 Å². The zero-order chi connectivity index (χ0) is 29.8. The summed E-state index contributed by atoms with van der Waals surface area (Å²) in [6.07, 6.45) is 2.73. The number of nitrogens with one attached hydrogen (secondary N) is 2. The average Bonchev–Trinajstić information content (AvgIpc) is 2.83. The molecule has 3 atom stereocenters. The number of aryl methyl sites for hydroxylation is 1. The molecule has 0 heterocycles. The first-order chi connectivity index (χ1) is 18.2. The minimum absolute atomic E-state index is 0.312. The Bertz CT molecular complexity index is 940. The highest BCUT2D eigenvalue weighted by Crippen LogP contribution is 2.28. The molecule has 3 unspecified atom stereocenters. The highest BCUT2D eigenvalue weighted by molar-refractivity contribution is 5.94. The van der Waals surface area contributed by atoms with Crippen LogP contribution in [-0.4, -0.2) is 52.9 Å². The minimum Gasteiger partial charge on any atom is -0.444 e. The number of unbranched alkanes of at least 4 members (excludes halogenated alkanes) is 1. The van der Waals surface area contributed by atoms with Gasteiger partial charge in [-0.2, -0.15) is 0 Å². The lowest BCUT2D eigenvalue weighted by Gasteiger charge is -2.38. The maximum absolute atomic E-state index is 14.2. The smallest absolute Gasteiger partial charge is 0.408 e. The van der Waals surface area contributed by atoms with Gasteiger partial charge < -0.3 is 26.0 Å². The van der Waals surface area contributed by atoms with E-state index in [1.807, 2.05) is 45.0 Å². The highest BCUT2D eigenvalue weighted by Gasteiger charge is 2.39. The topological polar surface area (TPSA) is 131 Å². The molecule has 0 bridgehead atoms. The monoisotopic (exact) mass is 546 g/mol.